The maximum absolute atomic E-state index is 12.0. The highest BCUT2D eigenvalue weighted by atomic mass is 16.6. The summed E-state index contributed by atoms with van der Waals surface area (Å²) in [4.78, 5) is 22.1. The predicted molar refractivity (Wildman–Crippen MR) is 86.0 cm³/mol. The summed E-state index contributed by atoms with van der Waals surface area (Å²) < 4.78 is 1.25. The van der Waals surface area contributed by atoms with E-state index in [4.69, 9.17) is 0 Å². The molecule has 0 aliphatic heterocycles. The highest BCUT2D eigenvalue weighted by Gasteiger charge is 2.13. The van der Waals surface area contributed by atoms with E-state index in [-0.39, 0.29) is 24.2 Å². The van der Waals surface area contributed by atoms with Gasteiger partial charge >= 0.3 is 5.69 Å². The van der Waals surface area contributed by atoms with Crippen LogP contribution in [0.25, 0.3) is 0 Å². The molecule has 2 rings (SSSR count). The number of nitrogens with zero attached hydrogens (tertiary/aromatic N) is 3. The normalized spacial score (nSPS) is 12.2. The first-order valence-corrected chi connectivity index (χ1v) is 7.43. The van der Waals surface area contributed by atoms with Crippen LogP contribution in [0.2, 0.25) is 0 Å². The van der Waals surface area contributed by atoms with E-state index < -0.39 is 4.92 Å². The zero-order valence-electron chi connectivity index (χ0n) is 13.4. The summed E-state index contributed by atoms with van der Waals surface area (Å²) >= 11 is 0. The number of rotatable bonds is 6. The molecule has 0 bridgehead atoms. The van der Waals surface area contributed by atoms with Gasteiger partial charge < -0.3 is 5.32 Å². The van der Waals surface area contributed by atoms with Crippen molar-refractivity contribution < 1.29 is 9.72 Å². The Labute approximate surface area is 134 Å². The molecule has 1 amide bonds. The van der Waals surface area contributed by atoms with E-state index in [2.05, 4.69) is 36.4 Å². The first kappa shape index (κ1) is 16.7. The Morgan fingerprint density at radius 3 is 2.39 bits per heavy atom. The minimum Gasteiger partial charge on any atom is -0.348 e. The lowest BCUT2D eigenvalue weighted by Gasteiger charge is -2.15. The molecular formula is C16H20N4O3. The van der Waals surface area contributed by atoms with Gasteiger partial charge in [0, 0.05) is 0 Å². The van der Waals surface area contributed by atoms with Crippen LogP contribution >= 0.6 is 0 Å². The second-order valence-corrected chi connectivity index (χ2v) is 5.76. The molecule has 0 aliphatic rings. The van der Waals surface area contributed by atoms with Crippen LogP contribution in [0.3, 0.4) is 0 Å². The van der Waals surface area contributed by atoms with Crippen molar-refractivity contribution in [2.75, 3.05) is 0 Å². The molecule has 0 saturated heterocycles. The highest BCUT2D eigenvalue weighted by molar-refractivity contribution is 5.76. The van der Waals surface area contributed by atoms with Crippen molar-refractivity contribution in [3.05, 3.63) is 57.9 Å². The number of nitro groups is 1. The fraction of sp³-hybridized carbons (Fsp3) is 0.375. The average Bonchev–Trinajstić information content (AvgIpc) is 2.95. The van der Waals surface area contributed by atoms with E-state index in [1.807, 2.05) is 19.1 Å². The monoisotopic (exact) mass is 316 g/mol. The van der Waals surface area contributed by atoms with Crippen LogP contribution < -0.4 is 5.32 Å². The SMILES string of the molecule is CC(C)c1ccc([C@@H](C)NC(=O)Cn2cc([N+](=O)[O-])cn2)cc1. The van der Waals surface area contributed by atoms with Gasteiger partial charge in [0.25, 0.3) is 0 Å². The van der Waals surface area contributed by atoms with Gasteiger partial charge in [-0.15, -0.1) is 0 Å². The van der Waals surface area contributed by atoms with Gasteiger partial charge in [0.05, 0.1) is 11.0 Å². The molecule has 23 heavy (non-hydrogen) atoms. The smallest absolute Gasteiger partial charge is 0.307 e. The van der Waals surface area contributed by atoms with Crippen LogP contribution in [0.15, 0.2) is 36.7 Å². The van der Waals surface area contributed by atoms with Crippen LogP contribution in [0.4, 0.5) is 5.69 Å². The number of aromatic nitrogens is 2. The van der Waals surface area contributed by atoms with E-state index in [0.29, 0.717) is 5.92 Å². The molecule has 1 aromatic carbocycles. The van der Waals surface area contributed by atoms with Crippen LogP contribution in [0, 0.1) is 10.1 Å². The number of hydrogen-bond acceptors (Lipinski definition) is 4. The number of amides is 1. The van der Waals surface area contributed by atoms with Gasteiger partial charge in [0.15, 0.2) is 0 Å². The molecule has 1 heterocycles. The van der Waals surface area contributed by atoms with E-state index in [1.165, 1.54) is 16.4 Å². The van der Waals surface area contributed by atoms with Crippen molar-refractivity contribution in [2.45, 2.75) is 39.3 Å². The van der Waals surface area contributed by atoms with Crippen LogP contribution in [-0.4, -0.2) is 20.6 Å². The first-order chi connectivity index (χ1) is 10.9. The average molecular weight is 316 g/mol. The third-order valence-corrected chi connectivity index (χ3v) is 3.62. The van der Waals surface area contributed by atoms with Gasteiger partial charge in [-0.05, 0) is 24.0 Å². The largest absolute Gasteiger partial charge is 0.348 e. The molecule has 0 saturated carbocycles. The molecular weight excluding hydrogens is 296 g/mol. The number of nitrogens with one attached hydrogen (secondary N) is 1. The van der Waals surface area contributed by atoms with Crippen molar-refractivity contribution in [2.24, 2.45) is 0 Å². The van der Waals surface area contributed by atoms with Crippen LogP contribution in [0.1, 0.15) is 43.9 Å². The Balaban J connectivity index is 1.94. The molecule has 0 fully saturated rings. The number of benzene rings is 1. The Morgan fingerprint density at radius 2 is 1.87 bits per heavy atom. The minimum absolute atomic E-state index is 0.0533. The van der Waals surface area contributed by atoms with Gasteiger partial charge in [0.1, 0.15) is 18.9 Å². The fourth-order valence-electron chi connectivity index (χ4n) is 2.22. The maximum atomic E-state index is 12.0. The fourth-order valence-corrected chi connectivity index (χ4v) is 2.22. The first-order valence-electron chi connectivity index (χ1n) is 7.43. The zero-order valence-corrected chi connectivity index (χ0v) is 13.4. The predicted octanol–water partition coefficient (Wildman–Crippen LogP) is 2.79. The van der Waals surface area contributed by atoms with Gasteiger partial charge in [-0.3, -0.25) is 19.6 Å². The Kier molecular flexibility index (Phi) is 5.10. The summed E-state index contributed by atoms with van der Waals surface area (Å²) in [6.07, 6.45) is 2.36. The zero-order chi connectivity index (χ0) is 17.0. The van der Waals surface area contributed by atoms with Gasteiger partial charge in [-0.1, -0.05) is 38.1 Å². The van der Waals surface area contributed by atoms with E-state index in [9.17, 15) is 14.9 Å². The molecule has 1 aromatic heterocycles. The third kappa shape index (κ3) is 4.38. The summed E-state index contributed by atoms with van der Waals surface area (Å²) in [6, 6.07) is 7.96. The summed E-state index contributed by atoms with van der Waals surface area (Å²) in [5, 5.41) is 17.3. The van der Waals surface area contributed by atoms with Crippen LogP contribution in [0.5, 0.6) is 0 Å². The Morgan fingerprint density at radius 1 is 1.26 bits per heavy atom. The van der Waals surface area contributed by atoms with Crippen molar-refractivity contribution in [3.8, 4) is 0 Å². The van der Waals surface area contributed by atoms with Gasteiger partial charge in [-0.2, -0.15) is 5.10 Å². The van der Waals surface area contributed by atoms with Crippen molar-refractivity contribution >= 4 is 11.6 Å². The van der Waals surface area contributed by atoms with Crippen molar-refractivity contribution in [1.29, 1.82) is 0 Å². The van der Waals surface area contributed by atoms with Crippen molar-refractivity contribution in [1.82, 2.24) is 15.1 Å². The summed E-state index contributed by atoms with van der Waals surface area (Å²) in [7, 11) is 0. The molecule has 1 atom stereocenters. The Bertz CT molecular complexity index is 692. The van der Waals surface area contributed by atoms with E-state index in [0.717, 1.165) is 11.8 Å². The maximum Gasteiger partial charge on any atom is 0.307 e. The molecule has 2 aromatic rings. The second-order valence-electron chi connectivity index (χ2n) is 5.76. The topological polar surface area (TPSA) is 90.1 Å². The molecule has 0 aliphatic carbocycles. The Hall–Kier alpha value is -2.70. The highest BCUT2D eigenvalue weighted by Crippen LogP contribution is 2.18. The number of carbonyl (C=O) groups excluding carboxylic acids is 1. The van der Waals surface area contributed by atoms with Gasteiger partial charge in [-0.25, -0.2) is 0 Å². The molecule has 7 nitrogen and oxygen atoms in total. The molecule has 0 spiro atoms. The lowest BCUT2D eigenvalue weighted by Crippen LogP contribution is -2.30. The van der Waals surface area contributed by atoms with Crippen molar-refractivity contribution in [3.63, 3.8) is 0 Å². The quantitative estimate of drug-likeness (QED) is 0.655. The molecule has 122 valence electrons. The lowest BCUT2D eigenvalue weighted by atomic mass is 9.99. The number of hydrogen-bond donors (Lipinski definition) is 1. The standard InChI is InChI=1S/C16H20N4O3/c1-11(2)13-4-6-14(7-5-13)12(3)18-16(21)10-19-9-15(8-17-19)20(22)23/h4-9,11-12H,10H2,1-3H3,(H,18,21)/t12-/m1/s1. The molecule has 0 unspecified atom stereocenters. The summed E-state index contributed by atoms with van der Waals surface area (Å²) in [6.45, 7) is 6.10. The van der Waals surface area contributed by atoms with Gasteiger partial charge in [0.2, 0.25) is 5.91 Å². The molecule has 7 heteroatoms. The number of carbonyl (C=O) groups is 1. The minimum atomic E-state index is -0.541. The molecule has 1 N–H and O–H groups in total. The summed E-state index contributed by atoms with van der Waals surface area (Å²) in [5.74, 6) is 0.216. The summed E-state index contributed by atoms with van der Waals surface area (Å²) in [5.41, 5.74) is 2.13. The van der Waals surface area contributed by atoms with E-state index in [1.54, 1.807) is 0 Å². The van der Waals surface area contributed by atoms with E-state index >= 15 is 0 Å². The lowest BCUT2D eigenvalue weighted by molar-refractivity contribution is -0.385. The molecule has 0 radical (unpaired) electrons. The second kappa shape index (κ2) is 7.04. The third-order valence-electron chi connectivity index (χ3n) is 3.62. The van der Waals surface area contributed by atoms with Crippen LogP contribution in [-0.2, 0) is 11.3 Å².